The van der Waals surface area contributed by atoms with Gasteiger partial charge in [-0.05, 0) is 32.9 Å². The third kappa shape index (κ3) is 5.19. The van der Waals surface area contributed by atoms with Gasteiger partial charge in [-0.25, -0.2) is 4.98 Å². The first-order chi connectivity index (χ1) is 11.8. The normalized spacial score (nSPS) is 12.0. The molecule has 7 nitrogen and oxygen atoms in total. The van der Waals surface area contributed by atoms with Crippen molar-refractivity contribution in [1.29, 1.82) is 0 Å². The number of nitrogens with zero attached hydrogens (tertiary/aromatic N) is 3. The number of nitrogens with one attached hydrogen (secondary N) is 2. The first kappa shape index (κ1) is 19.7. The Kier molecular flexibility index (Phi) is 5.26. The fourth-order valence-corrected chi connectivity index (χ4v) is 2.13. The smallest absolute Gasteiger partial charge is 0.350 e. The van der Waals surface area contributed by atoms with Crippen LogP contribution in [0.2, 0.25) is 5.02 Å². The first-order valence-corrected chi connectivity index (χ1v) is 7.68. The van der Waals surface area contributed by atoms with Crippen LogP contribution < -0.4 is 10.6 Å². The van der Waals surface area contributed by atoms with Gasteiger partial charge < -0.3 is 10.6 Å². The van der Waals surface area contributed by atoms with Gasteiger partial charge in [0.25, 0.3) is 5.69 Å². The maximum atomic E-state index is 13.1. The molecule has 1 aromatic carbocycles. The molecule has 0 aliphatic rings. The maximum Gasteiger partial charge on any atom is 0.433 e. The number of nitro groups is 1. The van der Waals surface area contributed by atoms with Gasteiger partial charge in [-0.3, -0.25) is 10.1 Å². The van der Waals surface area contributed by atoms with E-state index >= 15 is 0 Å². The molecule has 0 bridgehead atoms. The highest BCUT2D eigenvalue weighted by atomic mass is 35.5. The summed E-state index contributed by atoms with van der Waals surface area (Å²) in [5, 5.41) is 16.5. The van der Waals surface area contributed by atoms with E-state index < -0.39 is 22.3 Å². The zero-order valence-corrected chi connectivity index (χ0v) is 14.7. The number of anilines is 3. The standard InChI is InChI=1S/C15H15ClF3N5O2/c1-14(2,3)23-13-21-11(15(17,18)19)7-12(22-13)20-9-6-8(16)4-5-10(9)24(25)26/h4-7H,1-3H3,(H2,20,21,22,23). The van der Waals surface area contributed by atoms with Crippen molar-refractivity contribution in [2.75, 3.05) is 10.6 Å². The fourth-order valence-electron chi connectivity index (χ4n) is 1.95. The van der Waals surface area contributed by atoms with Gasteiger partial charge in [-0.1, -0.05) is 11.6 Å². The Hall–Kier alpha value is -2.62. The number of nitro benzene ring substituents is 1. The number of halogens is 4. The Bertz CT molecular complexity index is 837. The summed E-state index contributed by atoms with van der Waals surface area (Å²) < 4.78 is 39.3. The molecule has 0 saturated carbocycles. The van der Waals surface area contributed by atoms with Crippen LogP contribution in [0.25, 0.3) is 0 Å². The number of aromatic nitrogens is 2. The van der Waals surface area contributed by atoms with Crippen LogP contribution in [0.4, 0.5) is 36.3 Å². The van der Waals surface area contributed by atoms with Crippen molar-refractivity contribution in [2.45, 2.75) is 32.5 Å². The minimum absolute atomic E-state index is 0.0870. The van der Waals surface area contributed by atoms with Crippen molar-refractivity contribution in [1.82, 2.24) is 9.97 Å². The van der Waals surface area contributed by atoms with Crippen molar-refractivity contribution in [3.05, 3.63) is 45.1 Å². The van der Waals surface area contributed by atoms with Gasteiger partial charge in [0.2, 0.25) is 5.95 Å². The first-order valence-electron chi connectivity index (χ1n) is 7.30. The van der Waals surface area contributed by atoms with Crippen LogP contribution in [-0.2, 0) is 6.18 Å². The molecule has 2 rings (SSSR count). The second-order valence-electron chi connectivity index (χ2n) is 6.38. The molecular formula is C15H15ClF3N5O2. The highest BCUT2D eigenvalue weighted by Crippen LogP contribution is 2.33. The van der Waals surface area contributed by atoms with Gasteiger partial charge in [-0.2, -0.15) is 18.2 Å². The van der Waals surface area contributed by atoms with E-state index in [-0.39, 0.29) is 28.2 Å². The molecule has 1 aromatic heterocycles. The van der Waals surface area contributed by atoms with Crippen molar-refractivity contribution in [3.8, 4) is 0 Å². The zero-order valence-electron chi connectivity index (χ0n) is 14.0. The molecule has 140 valence electrons. The Balaban J connectivity index is 2.51. The van der Waals surface area contributed by atoms with Gasteiger partial charge in [0, 0.05) is 22.7 Å². The van der Waals surface area contributed by atoms with Crippen LogP contribution in [-0.4, -0.2) is 20.4 Å². The van der Waals surface area contributed by atoms with E-state index in [1.807, 2.05) is 0 Å². The molecule has 0 spiro atoms. The number of hydrogen-bond acceptors (Lipinski definition) is 6. The van der Waals surface area contributed by atoms with Crippen LogP contribution in [0.15, 0.2) is 24.3 Å². The van der Waals surface area contributed by atoms with Crippen LogP contribution in [0.3, 0.4) is 0 Å². The minimum Gasteiger partial charge on any atom is -0.350 e. The molecule has 0 unspecified atom stereocenters. The van der Waals surface area contributed by atoms with Crippen LogP contribution in [0.5, 0.6) is 0 Å². The fraction of sp³-hybridized carbons (Fsp3) is 0.333. The summed E-state index contributed by atoms with van der Waals surface area (Å²) in [6, 6.07) is 4.34. The molecule has 0 amide bonds. The molecule has 2 N–H and O–H groups in total. The van der Waals surface area contributed by atoms with Gasteiger partial charge in [0.15, 0.2) is 5.69 Å². The maximum absolute atomic E-state index is 13.1. The monoisotopic (exact) mass is 389 g/mol. The number of benzene rings is 1. The largest absolute Gasteiger partial charge is 0.433 e. The van der Waals surface area contributed by atoms with Crippen molar-refractivity contribution in [2.24, 2.45) is 0 Å². The minimum atomic E-state index is -4.71. The SMILES string of the molecule is CC(C)(C)Nc1nc(Nc2cc(Cl)ccc2[N+](=O)[O-])cc(C(F)(F)F)n1. The van der Waals surface area contributed by atoms with Crippen molar-refractivity contribution in [3.63, 3.8) is 0 Å². The molecule has 0 atom stereocenters. The van der Waals surface area contributed by atoms with E-state index in [1.165, 1.54) is 12.1 Å². The van der Waals surface area contributed by atoms with E-state index in [0.717, 1.165) is 6.07 Å². The molecule has 2 aromatic rings. The van der Waals surface area contributed by atoms with Crippen LogP contribution in [0.1, 0.15) is 26.5 Å². The lowest BCUT2D eigenvalue weighted by atomic mass is 10.1. The Labute approximate surface area is 151 Å². The molecule has 26 heavy (non-hydrogen) atoms. The number of hydrogen-bond donors (Lipinski definition) is 2. The summed E-state index contributed by atoms with van der Waals surface area (Å²) in [6.45, 7) is 5.18. The summed E-state index contributed by atoms with van der Waals surface area (Å²) in [5.74, 6) is -0.524. The summed E-state index contributed by atoms with van der Waals surface area (Å²) in [5.41, 5.74) is -2.22. The molecular weight excluding hydrogens is 375 g/mol. The average Bonchev–Trinajstić information content (AvgIpc) is 2.43. The third-order valence-electron chi connectivity index (χ3n) is 2.92. The predicted molar refractivity (Wildman–Crippen MR) is 91.8 cm³/mol. The topological polar surface area (TPSA) is 93.0 Å². The predicted octanol–water partition coefficient (Wildman–Crippen LogP) is 5.01. The Morgan fingerprint density at radius 2 is 1.81 bits per heavy atom. The highest BCUT2D eigenvalue weighted by Gasteiger charge is 2.34. The molecule has 1 heterocycles. The van der Waals surface area contributed by atoms with E-state index in [0.29, 0.717) is 6.07 Å². The quantitative estimate of drug-likeness (QED) is 0.564. The van der Waals surface area contributed by atoms with E-state index in [2.05, 4.69) is 20.6 Å². The number of rotatable bonds is 4. The van der Waals surface area contributed by atoms with Gasteiger partial charge in [0.1, 0.15) is 11.5 Å². The summed E-state index contributed by atoms with van der Waals surface area (Å²) in [4.78, 5) is 17.8. The molecule has 0 radical (unpaired) electrons. The van der Waals surface area contributed by atoms with Crippen LogP contribution in [0, 0.1) is 10.1 Å². The second kappa shape index (κ2) is 6.94. The Morgan fingerprint density at radius 1 is 1.15 bits per heavy atom. The highest BCUT2D eigenvalue weighted by molar-refractivity contribution is 6.31. The molecule has 0 saturated heterocycles. The Morgan fingerprint density at radius 3 is 2.35 bits per heavy atom. The lowest BCUT2D eigenvalue weighted by Gasteiger charge is -2.21. The summed E-state index contributed by atoms with van der Waals surface area (Å²) in [7, 11) is 0. The van der Waals surface area contributed by atoms with Crippen LogP contribution >= 0.6 is 11.6 Å². The lowest BCUT2D eigenvalue weighted by Crippen LogP contribution is -2.28. The molecule has 0 aliphatic heterocycles. The van der Waals surface area contributed by atoms with Gasteiger partial charge in [0.05, 0.1) is 4.92 Å². The zero-order chi connectivity index (χ0) is 19.7. The summed E-state index contributed by atoms with van der Waals surface area (Å²) in [6.07, 6.45) is -4.71. The second-order valence-corrected chi connectivity index (χ2v) is 6.81. The lowest BCUT2D eigenvalue weighted by molar-refractivity contribution is -0.383. The van der Waals surface area contributed by atoms with Crippen molar-refractivity contribution < 1.29 is 18.1 Å². The van der Waals surface area contributed by atoms with Gasteiger partial charge in [-0.15, -0.1) is 0 Å². The van der Waals surface area contributed by atoms with E-state index in [9.17, 15) is 23.3 Å². The third-order valence-corrected chi connectivity index (χ3v) is 3.16. The molecule has 0 fully saturated rings. The van der Waals surface area contributed by atoms with Crippen molar-refractivity contribution >= 4 is 34.7 Å². The summed E-state index contributed by atoms with van der Waals surface area (Å²) >= 11 is 5.82. The number of alkyl halides is 3. The average molecular weight is 390 g/mol. The van der Waals surface area contributed by atoms with E-state index in [4.69, 9.17) is 11.6 Å². The van der Waals surface area contributed by atoms with E-state index in [1.54, 1.807) is 20.8 Å². The molecule has 11 heteroatoms. The van der Waals surface area contributed by atoms with Gasteiger partial charge >= 0.3 is 6.18 Å². The molecule has 0 aliphatic carbocycles.